The highest BCUT2D eigenvalue weighted by Crippen LogP contribution is 2.44. The zero-order valence-electron chi connectivity index (χ0n) is 21.7. The summed E-state index contributed by atoms with van der Waals surface area (Å²) in [4.78, 5) is 29.9. The Kier molecular flexibility index (Phi) is 6.37. The second-order valence-corrected chi connectivity index (χ2v) is 9.76. The summed E-state index contributed by atoms with van der Waals surface area (Å²) < 4.78 is 18.4. The van der Waals surface area contributed by atoms with Crippen LogP contribution in [-0.2, 0) is 0 Å². The van der Waals surface area contributed by atoms with E-state index in [0.29, 0.717) is 57.0 Å². The van der Waals surface area contributed by atoms with Gasteiger partial charge in [0.15, 0.2) is 5.78 Å². The Morgan fingerprint density at radius 3 is 2.24 bits per heavy atom. The number of ketones is 1. The van der Waals surface area contributed by atoms with E-state index in [1.807, 2.05) is 30.3 Å². The predicted octanol–water partition coefficient (Wildman–Crippen LogP) is 5.42. The van der Waals surface area contributed by atoms with Crippen molar-refractivity contribution in [1.82, 2.24) is 9.47 Å². The largest absolute Gasteiger partial charge is 0.497 e. The molecule has 0 radical (unpaired) electrons. The molecule has 3 heterocycles. The number of hydrogen-bond donors (Lipinski definition) is 0. The van der Waals surface area contributed by atoms with E-state index >= 15 is 0 Å². The van der Waals surface area contributed by atoms with Crippen molar-refractivity contribution in [1.29, 1.82) is 0 Å². The van der Waals surface area contributed by atoms with Crippen molar-refractivity contribution < 1.29 is 23.8 Å². The van der Waals surface area contributed by atoms with Crippen LogP contribution in [0, 0.1) is 0 Å². The van der Waals surface area contributed by atoms with Crippen LogP contribution < -0.4 is 14.2 Å². The Balaban J connectivity index is 1.35. The summed E-state index contributed by atoms with van der Waals surface area (Å²) in [6.45, 7) is 3.80. The smallest absolute Gasteiger partial charge is 0.263 e. The van der Waals surface area contributed by atoms with E-state index in [9.17, 15) is 9.59 Å². The molecule has 2 aliphatic heterocycles. The van der Waals surface area contributed by atoms with E-state index < -0.39 is 0 Å². The van der Waals surface area contributed by atoms with Gasteiger partial charge in [0.25, 0.3) is 5.91 Å². The second kappa shape index (κ2) is 9.99. The van der Waals surface area contributed by atoms with E-state index in [1.54, 1.807) is 49.1 Å². The van der Waals surface area contributed by atoms with Crippen LogP contribution in [-0.4, -0.2) is 61.6 Å². The molecular weight excluding hydrogens is 480 g/mol. The Morgan fingerprint density at radius 2 is 1.50 bits per heavy atom. The number of hydrogen-bond acceptors (Lipinski definition) is 6. The molecule has 0 unspecified atom stereocenters. The minimum absolute atomic E-state index is 0.155. The topological polar surface area (TPSA) is 70.0 Å². The number of benzene rings is 3. The highest BCUT2D eigenvalue weighted by molar-refractivity contribution is 6.26. The molecule has 1 fully saturated rings. The van der Waals surface area contributed by atoms with Crippen molar-refractivity contribution in [3.8, 4) is 28.5 Å². The van der Waals surface area contributed by atoms with Crippen LogP contribution in [0.5, 0.6) is 17.2 Å². The average Bonchev–Trinajstić information content (AvgIpc) is 3.45. The fourth-order valence-electron chi connectivity index (χ4n) is 5.57. The van der Waals surface area contributed by atoms with Gasteiger partial charge in [-0.1, -0.05) is 6.42 Å². The van der Waals surface area contributed by atoms with Gasteiger partial charge in [-0.2, -0.15) is 0 Å². The molecule has 7 nitrogen and oxygen atoms in total. The molecule has 0 saturated carbocycles. The van der Waals surface area contributed by atoms with Crippen molar-refractivity contribution in [2.75, 3.05) is 40.5 Å². The molecule has 0 N–H and O–H groups in total. The van der Waals surface area contributed by atoms with Crippen LogP contribution in [0.3, 0.4) is 0 Å². The van der Waals surface area contributed by atoms with Crippen LogP contribution in [0.4, 0.5) is 0 Å². The SMILES string of the molecule is COc1ccc2c(c1)-c1c(C(=O)c3ccc(OCCN4CCCCC4)cc3)c3ccc(OC)cc3n1C2=O. The molecule has 3 aromatic carbocycles. The maximum absolute atomic E-state index is 14.0. The van der Waals surface area contributed by atoms with E-state index in [1.165, 1.54) is 19.3 Å². The van der Waals surface area contributed by atoms with Crippen molar-refractivity contribution in [3.63, 3.8) is 0 Å². The summed E-state index contributed by atoms with van der Waals surface area (Å²) in [5.41, 5.74) is 3.46. The minimum Gasteiger partial charge on any atom is -0.497 e. The average molecular weight is 511 g/mol. The lowest BCUT2D eigenvalue weighted by molar-refractivity contribution is 0.0973. The molecule has 1 saturated heterocycles. The molecule has 2 aliphatic rings. The summed E-state index contributed by atoms with van der Waals surface area (Å²) in [7, 11) is 3.17. The van der Waals surface area contributed by atoms with Crippen LogP contribution in [0.25, 0.3) is 22.2 Å². The van der Waals surface area contributed by atoms with Gasteiger partial charge in [0, 0.05) is 34.7 Å². The third-order valence-electron chi connectivity index (χ3n) is 7.56. The van der Waals surface area contributed by atoms with Crippen LogP contribution in [0.15, 0.2) is 60.7 Å². The van der Waals surface area contributed by atoms with Gasteiger partial charge in [-0.05, 0) is 80.5 Å². The zero-order valence-corrected chi connectivity index (χ0v) is 21.7. The van der Waals surface area contributed by atoms with Crippen molar-refractivity contribution in [3.05, 3.63) is 77.4 Å². The molecule has 194 valence electrons. The first-order valence-electron chi connectivity index (χ1n) is 13.0. The number of aromatic nitrogens is 1. The molecule has 7 heteroatoms. The summed E-state index contributed by atoms with van der Waals surface area (Å²) in [6.07, 6.45) is 3.82. The van der Waals surface area contributed by atoms with Gasteiger partial charge in [0.2, 0.25) is 0 Å². The maximum Gasteiger partial charge on any atom is 0.263 e. The number of nitrogens with zero attached hydrogens (tertiary/aromatic N) is 2. The summed E-state index contributed by atoms with van der Waals surface area (Å²) >= 11 is 0. The first-order chi connectivity index (χ1) is 18.6. The van der Waals surface area contributed by atoms with Gasteiger partial charge in [-0.25, -0.2) is 0 Å². The lowest BCUT2D eigenvalue weighted by Gasteiger charge is -2.26. The lowest BCUT2D eigenvalue weighted by Crippen LogP contribution is -2.33. The molecular formula is C31H30N2O5. The number of fused-ring (bicyclic) bond motifs is 5. The molecule has 1 aromatic heterocycles. The molecule has 0 bridgehead atoms. The van der Waals surface area contributed by atoms with Crippen molar-refractivity contribution >= 4 is 22.6 Å². The van der Waals surface area contributed by atoms with Gasteiger partial charge in [-0.15, -0.1) is 0 Å². The standard InChI is InChI=1S/C31H30N2O5/c1-36-22-10-12-24-26(18-22)29-28(25-13-11-23(37-2)19-27(25)33(29)31(24)35)30(34)20-6-8-21(9-7-20)38-17-16-32-14-4-3-5-15-32/h6-13,18-19H,3-5,14-17H2,1-2H3. The number of carbonyl (C=O) groups excluding carboxylic acids is 2. The molecule has 6 rings (SSSR count). The zero-order chi connectivity index (χ0) is 26.2. The Bertz CT molecular complexity index is 1530. The highest BCUT2D eigenvalue weighted by atomic mass is 16.5. The monoisotopic (exact) mass is 510 g/mol. The number of piperidine rings is 1. The van der Waals surface area contributed by atoms with E-state index in [4.69, 9.17) is 14.2 Å². The molecule has 38 heavy (non-hydrogen) atoms. The minimum atomic E-state index is -0.174. The molecule has 0 spiro atoms. The molecule has 4 aromatic rings. The number of likely N-dealkylation sites (tertiary alicyclic amines) is 1. The molecule has 0 atom stereocenters. The van der Waals surface area contributed by atoms with Crippen LogP contribution in [0.2, 0.25) is 0 Å². The van der Waals surface area contributed by atoms with E-state index in [2.05, 4.69) is 4.90 Å². The van der Waals surface area contributed by atoms with Crippen LogP contribution >= 0.6 is 0 Å². The predicted molar refractivity (Wildman–Crippen MR) is 146 cm³/mol. The van der Waals surface area contributed by atoms with Crippen molar-refractivity contribution in [2.24, 2.45) is 0 Å². The first-order valence-corrected chi connectivity index (χ1v) is 13.0. The Morgan fingerprint density at radius 1 is 0.816 bits per heavy atom. The fraction of sp³-hybridized carbons (Fsp3) is 0.290. The lowest BCUT2D eigenvalue weighted by atomic mass is 9.95. The first kappa shape index (κ1) is 24.2. The molecule has 0 aliphatic carbocycles. The third-order valence-corrected chi connectivity index (χ3v) is 7.56. The van der Waals surface area contributed by atoms with Gasteiger partial charge in [0.05, 0.1) is 31.0 Å². The summed E-state index contributed by atoms with van der Waals surface area (Å²) in [6, 6.07) is 18.1. The van der Waals surface area contributed by atoms with Gasteiger partial charge < -0.3 is 14.2 Å². The van der Waals surface area contributed by atoms with Crippen molar-refractivity contribution in [2.45, 2.75) is 19.3 Å². The van der Waals surface area contributed by atoms with Crippen LogP contribution in [0.1, 0.15) is 45.5 Å². The van der Waals surface area contributed by atoms with E-state index in [0.717, 1.165) is 25.4 Å². The normalized spacial score (nSPS) is 14.8. The number of rotatable bonds is 8. The van der Waals surface area contributed by atoms with Gasteiger partial charge >= 0.3 is 0 Å². The summed E-state index contributed by atoms with van der Waals surface area (Å²) in [5, 5.41) is 0.703. The highest BCUT2D eigenvalue weighted by Gasteiger charge is 2.35. The molecule has 0 amide bonds. The van der Waals surface area contributed by atoms with Gasteiger partial charge in [-0.3, -0.25) is 19.1 Å². The third kappa shape index (κ3) is 4.13. The fourth-order valence-corrected chi connectivity index (χ4v) is 5.57. The number of ether oxygens (including phenoxy) is 3. The number of methoxy groups -OCH3 is 2. The maximum atomic E-state index is 14.0. The number of carbonyl (C=O) groups is 2. The Labute approximate surface area is 221 Å². The second-order valence-electron chi connectivity index (χ2n) is 9.76. The quantitative estimate of drug-likeness (QED) is 0.260. The summed E-state index contributed by atoms with van der Waals surface area (Å²) in [5.74, 6) is 1.65. The van der Waals surface area contributed by atoms with E-state index in [-0.39, 0.29) is 11.7 Å². The van der Waals surface area contributed by atoms with Gasteiger partial charge in [0.1, 0.15) is 23.9 Å². The Hall–Kier alpha value is -4.10.